The lowest BCUT2D eigenvalue weighted by Gasteiger charge is -2.12. The standard InChI is InChI=1S/C37H32ClN3O5S/c1-24-30(38)12-8-13-31(24)40-35(42)21-22-47-28-18-15-26(16-19-28)39-37(44)32(41-36(43)25-9-4-3-5-10-25)23-27-17-20-34(46-27)29-11-6-7-14-33(29)45-2/h3-20,23H,21-22H2,1-2H3,(H,39,44)(H,40,42)(H,41,43)/b32-23+. The van der Waals surface area contributed by atoms with E-state index in [-0.39, 0.29) is 11.6 Å². The zero-order valence-electron chi connectivity index (χ0n) is 25.7. The van der Waals surface area contributed by atoms with E-state index in [9.17, 15) is 14.4 Å². The molecule has 0 saturated carbocycles. The minimum Gasteiger partial charge on any atom is -0.496 e. The number of nitrogens with one attached hydrogen (secondary N) is 3. The predicted molar refractivity (Wildman–Crippen MR) is 188 cm³/mol. The van der Waals surface area contributed by atoms with E-state index in [4.69, 9.17) is 20.8 Å². The summed E-state index contributed by atoms with van der Waals surface area (Å²) < 4.78 is 11.5. The molecule has 0 unspecified atom stereocenters. The second kappa shape index (κ2) is 15.8. The molecule has 3 N–H and O–H groups in total. The van der Waals surface area contributed by atoms with Crippen LogP contribution in [0.5, 0.6) is 5.75 Å². The highest BCUT2D eigenvalue weighted by molar-refractivity contribution is 7.99. The van der Waals surface area contributed by atoms with Crippen LogP contribution in [0, 0.1) is 6.92 Å². The number of anilines is 2. The SMILES string of the molecule is COc1ccccc1-c1ccc(/C=C(/NC(=O)c2ccccc2)C(=O)Nc2ccc(SCCC(=O)Nc3cccc(Cl)c3C)cc2)o1. The van der Waals surface area contributed by atoms with Crippen LogP contribution in [0.25, 0.3) is 17.4 Å². The average molecular weight is 666 g/mol. The first-order valence-corrected chi connectivity index (χ1v) is 16.1. The fraction of sp³-hybridized carbons (Fsp3) is 0.108. The molecule has 1 heterocycles. The Bertz CT molecular complexity index is 1910. The van der Waals surface area contributed by atoms with Crippen molar-refractivity contribution in [3.8, 4) is 17.1 Å². The van der Waals surface area contributed by atoms with Gasteiger partial charge in [0.1, 0.15) is 23.0 Å². The van der Waals surface area contributed by atoms with E-state index in [1.165, 1.54) is 17.8 Å². The molecule has 0 saturated heterocycles. The van der Waals surface area contributed by atoms with Gasteiger partial charge in [-0.2, -0.15) is 0 Å². The third-order valence-electron chi connectivity index (χ3n) is 7.07. The predicted octanol–water partition coefficient (Wildman–Crippen LogP) is 8.45. The van der Waals surface area contributed by atoms with E-state index in [1.54, 1.807) is 73.8 Å². The number of furan rings is 1. The Morgan fingerprint density at radius 3 is 2.36 bits per heavy atom. The largest absolute Gasteiger partial charge is 0.496 e. The van der Waals surface area contributed by atoms with Gasteiger partial charge in [-0.15, -0.1) is 11.8 Å². The van der Waals surface area contributed by atoms with E-state index in [0.717, 1.165) is 16.0 Å². The van der Waals surface area contributed by atoms with Gasteiger partial charge in [0.25, 0.3) is 11.8 Å². The summed E-state index contributed by atoms with van der Waals surface area (Å²) in [5.74, 6) is 1.05. The van der Waals surface area contributed by atoms with E-state index in [2.05, 4.69) is 16.0 Å². The fourth-order valence-electron chi connectivity index (χ4n) is 4.56. The highest BCUT2D eigenvalue weighted by atomic mass is 35.5. The van der Waals surface area contributed by atoms with Crippen LogP contribution in [0.3, 0.4) is 0 Å². The summed E-state index contributed by atoms with van der Waals surface area (Å²) >= 11 is 7.67. The molecule has 5 aromatic rings. The molecule has 10 heteroatoms. The average Bonchev–Trinajstić information content (AvgIpc) is 3.56. The third kappa shape index (κ3) is 8.94. The molecule has 8 nitrogen and oxygen atoms in total. The number of methoxy groups -OCH3 is 1. The van der Waals surface area contributed by atoms with E-state index < -0.39 is 11.8 Å². The van der Waals surface area contributed by atoms with Crippen molar-refractivity contribution >= 4 is 58.5 Å². The number of thioether (sulfide) groups is 1. The fourth-order valence-corrected chi connectivity index (χ4v) is 5.58. The van der Waals surface area contributed by atoms with Crippen LogP contribution in [-0.4, -0.2) is 30.6 Å². The van der Waals surface area contributed by atoms with Gasteiger partial charge >= 0.3 is 0 Å². The number of hydrogen-bond acceptors (Lipinski definition) is 6. The first-order chi connectivity index (χ1) is 22.8. The maximum atomic E-state index is 13.5. The zero-order chi connectivity index (χ0) is 33.2. The summed E-state index contributed by atoms with van der Waals surface area (Å²) in [6.45, 7) is 1.86. The van der Waals surface area contributed by atoms with Gasteiger partial charge in [0.15, 0.2) is 0 Å². The van der Waals surface area contributed by atoms with Gasteiger partial charge in [-0.1, -0.05) is 48.0 Å². The monoisotopic (exact) mass is 665 g/mol. The lowest BCUT2D eigenvalue weighted by Crippen LogP contribution is -2.30. The van der Waals surface area contributed by atoms with Crippen LogP contribution in [0.1, 0.15) is 28.1 Å². The van der Waals surface area contributed by atoms with Crippen molar-refractivity contribution in [2.45, 2.75) is 18.2 Å². The highest BCUT2D eigenvalue weighted by Crippen LogP contribution is 2.31. The number of para-hydroxylation sites is 1. The third-order valence-corrected chi connectivity index (χ3v) is 8.49. The summed E-state index contributed by atoms with van der Waals surface area (Å²) in [5, 5.41) is 9.07. The summed E-state index contributed by atoms with van der Waals surface area (Å²) in [5.41, 5.74) is 3.21. The molecule has 47 heavy (non-hydrogen) atoms. The zero-order valence-corrected chi connectivity index (χ0v) is 27.3. The number of carbonyl (C=O) groups excluding carboxylic acids is 3. The molecule has 0 fully saturated rings. The maximum Gasteiger partial charge on any atom is 0.272 e. The van der Waals surface area contributed by atoms with Crippen LogP contribution < -0.4 is 20.7 Å². The van der Waals surface area contributed by atoms with E-state index in [0.29, 0.717) is 51.4 Å². The smallest absolute Gasteiger partial charge is 0.272 e. The number of ether oxygens (including phenoxy) is 1. The van der Waals surface area contributed by atoms with Crippen molar-refractivity contribution in [3.63, 3.8) is 0 Å². The topological polar surface area (TPSA) is 110 Å². The molecule has 238 valence electrons. The van der Waals surface area contributed by atoms with Gasteiger partial charge in [-0.3, -0.25) is 14.4 Å². The number of amides is 3. The Kier molecular flexibility index (Phi) is 11.2. The molecule has 0 aliphatic rings. The van der Waals surface area contributed by atoms with E-state index >= 15 is 0 Å². The molecule has 5 rings (SSSR count). The van der Waals surface area contributed by atoms with E-state index in [1.807, 2.05) is 49.4 Å². The van der Waals surface area contributed by atoms with Gasteiger partial charge < -0.3 is 25.1 Å². The Morgan fingerprint density at radius 2 is 1.60 bits per heavy atom. The van der Waals surface area contributed by atoms with Gasteiger partial charge in [0.2, 0.25) is 5.91 Å². The molecule has 3 amide bonds. The first-order valence-electron chi connectivity index (χ1n) is 14.7. The second-order valence-corrected chi connectivity index (χ2v) is 11.9. The van der Waals surface area contributed by atoms with Crippen LogP contribution >= 0.6 is 23.4 Å². The van der Waals surface area contributed by atoms with Crippen molar-refractivity contribution in [2.24, 2.45) is 0 Å². The molecule has 0 atom stereocenters. The summed E-state index contributed by atoms with van der Waals surface area (Å²) in [6, 6.07) is 32.2. The number of halogens is 1. The Balaban J connectivity index is 1.25. The van der Waals surface area contributed by atoms with Gasteiger partial charge in [0.05, 0.1) is 12.7 Å². The van der Waals surface area contributed by atoms with Crippen LogP contribution in [-0.2, 0) is 9.59 Å². The summed E-state index contributed by atoms with van der Waals surface area (Å²) in [7, 11) is 1.58. The lowest BCUT2D eigenvalue weighted by atomic mass is 10.1. The quantitative estimate of drug-likeness (QED) is 0.0911. The van der Waals surface area contributed by atoms with Gasteiger partial charge in [-0.05, 0) is 85.3 Å². The molecule has 0 aliphatic heterocycles. The molecule has 1 aromatic heterocycles. The summed E-state index contributed by atoms with van der Waals surface area (Å²) in [6.07, 6.45) is 1.80. The molecule has 0 radical (unpaired) electrons. The number of carbonyl (C=O) groups is 3. The molecular formula is C37H32ClN3O5S. The minimum atomic E-state index is -0.530. The Labute approximate surface area is 282 Å². The lowest BCUT2D eigenvalue weighted by molar-refractivity contribution is -0.116. The number of rotatable bonds is 12. The van der Waals surface area contributed by atoms with Crippen molar-refractivity contribution < 1.29 is 23.5 Å². The molecule has 0 aliphatic carbocycles. The maximum absolute atomic E-state index is 13.5. The van der Waals surface area contributed by atoms with Crippen molar-refractivity contribution in [2.75, 3.05) is 23.5 Å². The minimum absolute atomic E-state index is 0.000756. The van der Waals surface area contributed by atoms with Crippen LogP contribution in [0.4, 0.5) is 11.4 Å². The van der Waals surface area contributed by atoms with Crippen molar-refractivity contribution in [3.05, 3.63) is 137 Å². The molecular weight excluding hydrogens is 634 g/mol. The van der Waals surface area contributed by atoms with Crippen LogP contribution in [0.15, 0.2) is 124 Å². The number of hydrogen-bond donors (Lipinski definition) is 3. The first kappa shape index (κ1) is 33.1. The van der Waals surface area contributed by atoms with Gasteiger partial charge in [0, 0.05) is 45.1 Å². The Hall–Kier alpha value is -5.25. The number of benzene rings is 4. The second-order valence-electron chi connectivity index (χ2n) is 10.3. The normalized spacial score (nSPS) is 11.1. The van der Waals surface area contributed by atoms with Crippen molar-refractivity contribution in [1.82, 2.24) is 5.32 Å². The molecule has 4 aromatic carbocycles. The Morgan fingerprint density at radius 1 is 0.851 bits per heavy atom. The molecule has 0 bridgehead atoms. The van der Waals surface area contributed by atoms with Gasteiger partial charge in [-0.25, -0.2) is 0 Å². The van der Waals surface area contributed by atoms with Crippen LogP contribution in [0.2, 0.25) is 5.02 Å². The molecule has 0 spiro atoms. The van der Waals surface area contributed by atoms with Crippen molar-refractivity contribution in [1.29, 1.82) is 0 Å². The highest BCUT2D eigenvalue weighted by Gasteiger charge is 2.17. The summed E-state index contributed by atoms with van der Waals surface area (Å²) in [4.78, 5) is 39.9.